The van der Waals surface area contributed by atoms with Crippen LogP contribution in [0.3, 0.4) is 0 Å². The van der Waals surface area contributed by atoms with Crippen LogP contribution in [0, 0.1) is 7.14 Å². The molecule has 0 aliphatic heterocycles. The molecule has 0 bridgehead atoms. The van der Waals surface area contributed by atoms with E-state index in [1.165, 1.54) is 0 Å². The molecule has 4 nitrogen and oxygen atoms in total. The van der Waals surface area contributed by atoms with Gasteiger partial charge in [0.1, 0.15) is 0 Å². The number of carbonyl (C=O) groups excluding carboxylic acids is 2. The molecule has 0 spiro atoms. The van der Waals surface area contributed by atoms with Gasteiger partial charge in [0, 0.05) is 0 Å². The van der Waals surface area contributed by atoms with Crippen LogP contribution in [0.2, 0.25) is 0 Å². The van der Waals surface area contributed by atoms with Gasteiger partial charge in [-0.25, -0.2) is 0 Å². The summed E-state index contributed by atoms with van der Waals surface area (Å²) in [5.74, 6) is -0.224. The van der Waals surface area contributed by atoms with Gasteiger partial charge in [-0.1, -0.05) is 0 Å². The Morgan fingerprint density at radius 1 is 0.529 bits per heavy atom. The molecule has 0 aliphatic rings. The number of rotatable bonds is 7. The molecule has 2 amide bonds. The third-order valence-corrected chi connectivity index (χ3v) is 13.4. The van der Waals surface area contributed by atoms with E-state index in [9.17, 15) is 9.59 Å². The van der Waals surface area contributed by atoms with E-state index in [-0.39, 0.29) is 38.1 Å². The summed E-state index contributed by atoms with van der Waals surface area (Å²) < 4.78 is 4.30. The van der Waals surface area contributed by atoms with Crippen LogP contribution in [0.15, 0.2) is 97.1 Å². The molecular weight excluding hydrogens is 784 g/mol. The number of halogens is 2. The van der Waals surface area contributed by atoms with Crippen molar-refractivity contribution in [2.45, 2.75) is 0 Å². The van der Waals surface area contributed by atoms with E-state index >= 15 is 0 Å². The summed E-state index contributed by atoms with van der Waals surface area (Å²) in [5.41, 5.74) is 2.92. The quantitative estimate of drug-likeness (QED) is 0.211. The van der Waals surface area contributed by atoms with Crippen molar-refractivity contribution in [3.05, 3.63) is 115 Å². The molecule has 4 rings (SSSR count). The second-order valence-corrected chi connectivity index (χ2v) is 15.8. The van der Waals surface area contributed by atoms with Crippen molar-refractivity contribution in [3.63, 3.8) is 0 Å². The van der Waals surface area contributed by atoms with Gasteiger partial charge in [0.15, 0.2) is 0 Å². The fraction of sp³-hybridized carbons (Fsp3) is 0. The molecule has 0 radical (unpaired) electrons. The molecule has 170 valence electrons. The minimum absolute atomic E-state index is 0.0340. The molecule has 0 aromatic heterocycles. The summed E-state index contributed by atoms with van der Waals surface area (Å²) >= 11 is 4.55. The first-order valence-electron chi connectivity index (χ1n) is 10.2. The summed E-state index contributed by atoms with van der Waals surface area (Å²) in [5, 5.41) is 5.99. The second kappa shape index (κ2) is 12.3. The molecule has 0 atom stereocenters. The number of hydrogen-bond donors (Lipinski definition) is 2. The maximum atomic E-state index is 13.0. The molecule has 34 heavy (non-hydrogen) atoms. The summed E-state index contributed by atoms with van der Waals surface area (Å²) in [6, 6.07) is 30.9. The van der Waals surface area contributed by atoms with Crippen LogP contribution >= 0.6 is 45.2 Å². The molecule has 4 aromatic carbocycles. The van der Waals surface area contributed by atoms with Crippen molar-refractivity contribution in [3.8, 4) is 0 Å². The molecule has 0 unspecified atom stereocenters. The van der Waals surface area contributed by atoms with Crippen LogP contribution in [0.1, 0.15) is 20.7 Å². The van der Waals surface area contributed by atoms with Gasteiger partial charge in [0.25, 0.3) is 0 Å². The first-order valence-corrected chi connectivity index (χ1v) is 18.4. The van der Waals surface area contributed by atoms with Crippen molar-refractivity contribution in [2.75, 3.05) is 10.6 Å². The number of anilines is 2. The Bertz CT molecular complexity index is 1210. The van der Waals surface area contributed by atoms with E-state index in [1.807, 2.05) is 97.1 Å². The predicted molar refractivity (Wildman–Crippen MR) is 158 cm³/mol. The Labute approximate surface area is 236 Å². The van der Waals surface area contributed by atoms with Crippen LogP contribution in [0.25, 0.3) is 0 Å². The third kappa shape index (κ3) is 6.93. The van der Waals surface area contributed by atoms with Crippen LogP contribution in [-0.2, 0) is 0 Å². The maximum absolute atomic E-state index is 13.0. The molecule has 0 fully saturated rings. The molecular formula is C26H18I2N2O2Se2. The van der Waals surface area contributed by atoms with Gasteiger partial charge in [0.05, 0.1) is 0 Å². The Kier molecular flexibility index (Phi) is 9.22. The summed E-state index contributed by atoms with van der Waals surface area (Å²) in [7, 11) is 0. The number of benzene rings is 4. The monoisotopic (exact) mass is 804 g/mol. The minimum atomic E-state index is -0.112. The number of amides is 2. The Hall–Kier alpha value is -1.68. The summed E-state index contributed by atoms with van der Waals surface area (Å²) in [6.07, 6.45) is 0. The van der Waals surface area contributed by atoms with Crippen LogP contribution < -0.4 is 19.6 Å². The molecule has 4 aromatic rings. The van der Waals surface area contributed by atoms with Crippen molar-refractivity contribution in [2.24, 2.45) is 0 Å². The van der Waals surface area contributed by atoms with E-state index in [0.717, 1.165) is 27.4 Å². The van der Waals surface area contributed by atoms with E-state index in [2.05, 4.69) is 55.8 Å². The van der Waals surface area contributed by atoms with Crippen molar-refractivity contribution >= 4 is 104 Å². The van der Waals surface area contributed by atoms with Gasteiger partial charge >= 0.3 is 239 Å². The van der Waals surface area contributed by atoms with Crippen LogP contribution in [-0.4, -0.2) is 38.1 Å². The first-order chi connectivity index (χ1) is 16.5. The average molecular weight is 802 g/mol. The first kappa shape index (κ1) is 25.4. The van der Waals surface area contributed by atoms with Crippen molar-refractivity contribution in [1.82, 2.24) is 0 Å². The van der Waals surface area contributed by atoms with Gasteiger partial charge < -0.3 is 0 Å². The molecule has 8 heteroatoms. The fourth-order valence-electron chi connectivity index (χ4n) is 3.01. The zero-order chi connectivity index (χ0) is 23.9. The van der Waals surface area contributed by atoms with Gasteiger partial charge in [-0.15, -0.1) is 0 Å². The number of nitrogens with one attached hydrogen (secondary N) is 2. The van der Waals surface area contributed by atoms with Crippen molar-refractivity contribution in [1.29, 1.82) is 0 Å². The number of hydrogen-bond acceptors (Lipinski definition) is 2. The summed E-state index contributed by atoms with van der Waals surface area (Å²) in [4.78, 5) is 25.9. The standard InChI is InChI=1S/C26H18I2N2O2Se2/c27-17-9-13-19(14-10-17)29-25(31)21-5-1-3-7-23(21)33-34-24-8-4-2-6-22(24)26(32)30-20-15-11-18(28)12-16-20/h1-16H,(H,29,31)(H,30,32). The molecule has 0 saturated carbocycles. The van der Waals surface area contributed by atoms with Crippen LogP contribution in [0.5, 0.6) is 0 Å². The third-order valence-electron chi connectivity index (χ3n) is 4.69. The van der Waals surface area contributed by atoms with E-state index < -0.39 is 0 Å². The zero-order valence-electron chi connectivity index (χ0n) is 17.6. The predicted octanol–water partition coefficient (Wildman–Crippen LogP) is 4.67. The molecule has 0 aliphatic carbocycles. The Balaban J connectivity index is 1.48. The second-order valence-electron chi connectivity index (χ2n) is 7.08. The normalized spacial score (nSPS) is 10.5. The SMILES string of the molecule is O=C(Nc1ccc(I)cc1)c1ccccc1[Se][Se]c1ccccc1C(=O)Nc1ccc(I)cc1. The van der Waals surface area contributed by atoms with Crippen LogP contribution in [0.4, 0.5) is 11.4 Å². The Morgan fingerprint density at radius 3 is 1.26 bits per heavy atom. The van der Waals surface area contributed by atoms with E-state index in [4.69, 9.17) is 0 Å². The number of carbonyl (C=O) groups is 2. The van der Waals surface area contributed by atoms with E-state index in [0.29, 0.717) is 11.1 Å². The van der Waals surface area contributed by atoms with Gasteiger partial charge in [-0.3, -0.25) is 0 Å². The topological polar surface area (TPSA) is 58.2 Å². The van der Waals surface area contributed by atoms with Crippen molar-refractivity contribution < 1.29 is 9.59 Å². The van der Waals surface area contributed by atoms with Gasteiger partial charge in [-0.05, 0) is 0 Å². The molecule has 0 heterocycles. The van der Waals surface area contributed by atoms with Gasteiger partial charge in [0.2, 0.25) is 0 Å². The van der Waals surface area contributed by atoms with Gasteiger partial charge in [-0.2, -0.15) is 0 Å². The average Bonchev–Trinajstić information content (AvgIpc) is 2.86. The zero-order valence-corrected chi connectivity index (χ0v) is 25.4. The fourth-order valence-corrected chi connectivity index (χ4v) is 10.8. The molecule has 0 saturated heterocycles. The summed E-state index contributed by atoms with van der Waals surface area (Å²) in [6.45, 7) is 0. The van der Waals surface area contributed by atoms with E-state index in [1.54, 1.807) is 0 Å². The molecule has 2 N–H and O–H groups in total. The Morgan fingerprint density at radius 2 is 0.882 bits per heavy atom.